The molecular weight excluding hydrogens is 394 g/mol. The van der Waals surface area contributed by atoms with E-state index in [1.54, 1.807) is 9.80 Å². The average Bonchev–Trinajstić information content (AvgIpc) is 3.26. The lowest BCUT2D eigenvalue weighted by Gasteiger charge is -2.37. The lowest BCUT2D eigenvalue weighted by Crippen LogP contribution is -2.51. The first-order chi connectivity index (χ1) is 14.5. The fourth-order valence-corrected chi connectivity index (χ4v) is 4.80. The van der Waals surface area contributed by atoms with E-state index >= 15 is 0 Å². The Bertz CT molecular complexity index is 975. The SMILES string of the molecule is O=C(c1cncnc1)N1CCC2(CC1)O[C@@H]1CC[C@@H](c3cc(F)cc(F)c3)N1C2=O. The molecular formula is C21H20F2N4O3. The second-order valence-electron chi connectivity index (χ2n) is 7.99. The standard InChI is InChI=1S/C21H20F2N4O3/c22-15-7-13(8-16(23)9-15)17-1-2-18-27(17)20(29)21(30-18)3-5-26(6-4-21)19(28)14-10-24-12-25-11-14/h7-12,17-18H,1-6H2/t17-,18+/m0/s1. The van der Waals surface area contributed by atoms with E-state index in [4.69, 9.17) is 4.74 Å². The first-order valence-electron chi connectivity index (χ1n) is 9.98. The fraction of sp³-hybridized carbons (Fsp3) is 0.429. The van der Waals surface area contributed by atoms with Crippen LogP contribution in [-0.4, -0.2) is 56.5 Å². The van der Waals surface area contributed by atoms with Crippen LogP contribution in [-0.2, 0) is 9.53 Å². The predicted octanol–water partition coefficient (Wildman–Crippen LogP) is 2.45. The minimum atomic E-state index is -0.987. The van der Waals surface area contributed by atoms with Crippen molar-refractivity contribution in [1.82, 2.24) is 19.8 Å². The number of nitrogens with zero attached hydrogens (tertiary/aromatic N) is 4. The van der Waals surface area contributed by atoms with Crippen LogP contribution in [0.1, 0.15) is 47.6 Å². The van der Waals surface area contributed by atoms with Gasteiger partial charge in [0, 0.05) is 44.4 Å². The molecule has 3 saturated heterocycles. The Hall–Kier alpha value is -2.94. The van der Waals surface area contributed by atoms with Gasteiger partial charge < -0.3 is 14.5 Å². The molecule has 3 fully saturated rings. The summed E-state index contributed by atoms with van der Waals surface area (Å²) in [6.45, 7) is 0.749. The van der Waals surface area contributed by atoms with Gasteiger partial charge >= 0.3 is 0 Å². The van der Waals surface area contributed by atoms with Crippen LogP contribution >= 0.6 is 0 Å². The molecule has 2 amide bonds. The highest BCUT2D eigenvalue weighted by Gasteiger charge is 2.58. The number of piperidine rings is 1. The number of ether oxygens (including phenoxy) is 1. The number of benzene rings is 1. The number of fused-ring (bicyclic) bond motifs is 1. The number of carbonyl (C=O) groups excluding carboxylic acids is 2. The Morgan fingerprint density at radius 2 is 1.73 bits per heavy atom. The Balaban J connectivity index is 1.32. The second kappa shape index (κ2) is 7.09. The third kappa shape index (κ3) is 3.04. The summed E-state index contributed by atoms with van der Waals surface area (Å²) in [5.74, 6) is -1.65. The van der Waals surface area contributed by atoms with Crippen molar-refractivity contribution in [1.29, 1.82) is 0 Å². The molecule has 0 aliphatic carbocycles. The van der Waals surface area contributed by atoms with Gasteiger partial charge in [0.15, 0.2) is 5.60 Å². The van der Waals surface area contributed by atoms with Gasteiger partial charge in [-0.1, -0.05) is 0 Å². The number of hydrogen-bond donors (Lipinski definition) is 0. The van der Waals surface area contributed by atoms with Crippen LogP contribution in [0.3, 0.4) is 0 Å². The lowest BCUT2D eigenvalue weighted by molar-refractivity contribution is -0.142. The second-order valence-corrected chi connectivity index (χ2v) is 7.99. The van der Waals surface area contributed by atoms with Crippen LogP contribution in [0, 0.1) is 11.6 Å². The van der Waals surface area contributed by atoms with Crippen LogP contribution in [0.2, 0.25) is 0 Å². The Morgan fingerprint density at radius 3 is 2.40 bits per heavy atom. The third-order valence-electron chi connectivity index (χ3n) is 6.25. The van der Waals surface area contributed by atoms with E-state index in [1.807, 2.05) is 0 Å². The maximum absolute atomic E-state index is 13.7. The van der Waals surface area contributed by atoms with Gasteiger partial charge in [0.25, 0.3) is 11.8 Å². The number of aromatic nitrogens is 2. The molecule has 2 atom stereocenters. The molecule has 0 N–H and O–H groups in total. The number of carbonyl (C=O) groups is 2. The zero-order chi connectivity index (χ0) is 20.9. The van der Waals surface area contributed by atoms with Gasteiger partial charge in [0.05, 0.1) is 11.6 Å². The minimum absolute atomic E-state index is 0.158. The van der Waals surface area contributed by atoms with Crippen LogP contribution in [0.25, 0.3) is 0 Å². The molecule has 9 heteroatoms. The number of rotatable bonds is 2. The van der Waals surface area contributed by atoms with E-state index in [-0.39, 0.29) is 11.8 Å². The quantitative estimate of drug-likeness (QED) is 0.755. The van der Waals surface area contributed by atoms with Crippen LogP contribution in [0.5, 0.6) is 0 Å². The van der Waals surface area contributed by atoms with Crippen molar-refractivity contribution >= 4 is 11.8 Å². The van der Waals surface area contributed by atoms with E-state index in [9.17, 15) is 18.4 Å². The van der Waals surface area contributed by atoms with Crippen molar-refractivity contribution in [2.24, 2.45) is 0 Å². The van der Waals surface area contributed by atoms with Crippen molar-refractivity contribution < 1.29 is 23.1 Å². The summed E-state index contributed by atoms with van der Waals surface area (Å²) in [5.41, 5.74) is -0.138. The molecule has 5 rings (SSSR count). The van der Waals surface area contributed by atoms with Crippen molar-refractivity contribution in [3.05, 3.63) is 59.7 Å². The highest BCUT2D eigenvalue weighted by atomic mass is 19.1. The smallest absolute Gasteiger partial charge is 0.257 e. The Labute approximate surface area is 171 Å². The summed E-state index contributed by atoms with van der Waals surface area (Å²) in [4.78, 5) is 37.0. The molecule has 1 aromatic carbocycles. The summed E-state index contributed by atoms with van der Waals surface area (Å²) in [5, 5.41) is 0. The molecule has 1 spiro atoms. The summed E-state index contributed by atoms with van der Waals surface area (Å²) in [6, 6.07) is 2.97. The molecule has 156 valence electrons. The van der Waals surface area contributed by atoms with Gasteiger partial charge in [0.1, 0.15) is 24.2 Å². The Kier molecular flexibility index (Phi) is 4.50. The number of hydrogen-bond acceptors (Lipinski definition) is 5. The molecule has 1 aromatic heterocycles. The molecule has 7 nitrogen and oxygen atoms in total. The topological polar surface area (TPSA) is 75.6 Å². The highest BCUT2D eigenvalue weighted by Crippen LogP contribution is 2.47. The van der Waals surface area contributed by atoms with Crippen LogP contribution < -0.4 is 0 Å². The van der Waals surface area contributed by atoms with E-state index in [2.05, 4.69) is 9.97 Å². The van der Waals surface area contributed by atoms with Crippen LogP contribution in [0.4, 0.5) is 8.78 Å². The van der Waals surface area contributed by atoms with E-state index < -0.39 is 29.5 Å². The molecule has 0 bridgehead atoms. The lowest BCUT2D eigenvalue weighted by atomic mass is 9.89. The normalized spacial score (nSPS) is 25.1. The fourth-order valence-electron chi connectivity index (χ4n) is 4.80. The molecule has 0 unspecified atom stereocenters. The minimum Gasteiger partial charge on any atom is -0.342 e. The first kappa shape index (κ1) is 19.0. The molecule has 3 aliphatic rings. The molecule has 0 saturated carbocycles. The maximum atomic E-state index is 13.7. The number of halogens is 2. The van der Waals surface area contributed by atoms with Gasteiger partial charge in [-0.2, -0.15) is 0 Å². The molecule has 3 aliphatic heterocycles. The number of amides is 2. The van der Waals surface area contributed by atoms with Gasteiger partial charge in [-0.05, 0) is 30.5 Å². The van der Waals surface area contributed by atoms with E-state index in [0.29, 0.717) is 49.9 Å². The van der Waals surface area contributed by atoms with Crippen molar-refractivity contribution in [2.75, 3.05) is 13.1 Å². The van der Waals surface area contributed by atoms with E-state index in [1.165, 1.54) is 30.9 Å². The van der Waals surface area contributed by atoms with Crippen LogP contribution in [0.15, 0.2) is 36.9 Å². The molecule has 2 aromatic rings. The van der Waals surface area contributed by atoms with Gasteiger partial charge in [0.2, 0.25) is 0 Å². The van der Waals surface area contributed by atoms with E-state index in [0.717, 1.165) is 6.07 Å². The first-order valence-corrected chi connectivity index (χ1v) is 9.98. The summed E-state index contributed by atoms with van der Waals surface area (Å²) < 4.78 is 33.6. The monoisotopic (exact) mass is 414 g/mol. The number of likely N-dealkylation sites (tertiary alicyclic amines) is 1. The van der Waals surface area contributed by atoms with Crippen molar-refractivity contribution in [3.8, 4) is 0 Å². The zero-order valence-electron chi connectivity index (χ0n) is 16.1. The summed E-state index contributed by atoms with van der Waals surface area (Å²) in [6.07, 6.45) is 5.85. The highest BCUT2D eigenvalue weighted by molar-refractivity contribution is 5.94. The predicted molar refractivity (Wildman–Crippen MR) is 100.0 cm³/mol. The Morgan fingerprint density at radius 1 is 1.07 bits per heavy atom. The maximum Gasteiger partial charge on any atom is 0.257 e. The van der Waals surface area contributed by atoms with Gasteiger partial charge in [-0.15, -0.1) is 0 Å². The molecule has 0 radical (unpaired) electrons. The van der Waals surface area contributed by atoms with Crippen molar-refractivity contribution in [2.45, 2.75) is 43.6 Å². The summed E-state index contributed by atoms with van der Waals surface area (Å²) >= 11 is 0. The van der Waals surface area contributed by atoms with Crippen molar-refractivity contribution in [3.63, 3.8) is 0 Å². The molecule has 4 heterocycles. The third-order valence-corrected chi connectivity index (χ3v) is 6.25. The summed E-state index contributed by atoms with van der Waals surface area (Å²) in [7, 11) is 0. The van der Waals surface area contributed by atoms with Gasteiger partial charge in [-0.3, -0.25) is 9.59 Å². The zero-order valence-corrected chi connectivity index (χ0v) is 16.1. The average molecular weight is 414 g/mol. The largest absolute Gasteiger partial charge is 0.342 e. The molecule has 30 heavy (non-hydrogen) atoms. The van der Waals surface area contributed by atoms with Gasteiger partial charge in [-0.25, -0.2) is 18.7 Å².